The van der Waals surface area contributed by atoms with Gasteiger partial charge in [-0.1, -0.05) is 35.9 Å². The van der Waals surface area contributed by atoms with E-state index in [0.717, 1.165) is 5.56 Å². The largest absolute Gasteiger partial charge is 0.477 e. The Morgan fingerprint density at radius 3 is 2.47 bits per heavy atom. The Labute approximate surface area is 98.3 Å². The minimum atomic E-state index is -1.04. The van der Waals surface area contributed by atoms with Crippen molar-refractivity contribution in [3.8, 4) is 0 Å². The molecular formula is C11H9ClO2S. The average molecular weight is 241 g/mol. The van der Waals surface area contributed by atoms with Gasteiger partial charge in [0.25, 0.3) is 0 Å². The number of carboxylic acid groups (broad SMARTS) is 1. The first kappa shape index (κ1) is 11.9. The molecule has 0 atom stereocenters. The number of allylic oxidation sites excluding steroid dienone is 2. The zero-order valence-electron chi connectivity index (χ0n) is 7.72. The van der Waals surface area contributed by atoms with Gasteiger partial charge >= 0.3 is 5.97 Å². The first-order valence-corrected chi connectivity index (χ1v) is 4.98. The van der Waals surface area contributed by atoms with Crippen LogP contribution in [0.4, 0.5) is 0 Å². The maximum Gasteiger partial charge on any atom is 0.341 e. The van der Waals surface area contributed by atoms with Gasteiger partial charge in [0.2, 0.25) is 0 Å². The molecule has 2 nitrogen and oxygen atoms in total. The molecule has 0 unspecified atom stereocenters. The zero-order valence-corrected chi connectivity index (χ0v) is 9.37. The number of carbonyl (C=O) groups is 1. The quantitative estimate of drug-likeness (QED) is 0.484. The summed E-state index contributed by atoms with van der Waals surface area (Å²) in [6.07, 6.45) is 4.81. The van der Waals surface area contributed by atoms with Crippen LogP contribution >= 0.6 is 24.2 Å². The molecule has 0 bridgehead atoms. The number of hydrogen-bond donors (Lipinski definition) is 2. The predicted molar refractivity (Wildman–Crippen MR) is 65.2 cm³/mol. The Hall–Kier alpha value is -1.19. The highest BCUT2D eigenvalue weighted by atomic mass is 35.5. The summed E-state index contributed by atoms with van der Waals surface area (Å²) < 4.78 is 0. The first-order chi connectivity index (χ1) is 7.09. The second-order valence-electron chi connectivity index (χ2n) is 2.77. The van der Waals surface area contributed by atoms with Gasteiger partial charge in [-0.3, -0.25) is 0 Å². The third-order valence-corrected chi connectivity index (χ3v) is 2.22. The normalized spacial score (nSPS) is 12.0. The average Bonchev–Trinajstić information content (AvgIpc) is 2.20. The van der Waals surface area contributed by atoms with Gasteiger partial charge in [-0.05, 0) is 23.8 Å². The molecule has 1 rings (SSSR count). The lowest BCUT2D eigenvalue weighted by molar-refractivity contribution is -0.131. The molecule has 78 valence electrons. The SMILES string of the molecule is O=C(O)/C(S)=C/C=C/c1ccc(Cl)cc1. The lowest BCUT2D eigenvalue weighted by Crippen LogP contribution is -1.92. The maximum absolute atomic E-state index is 10.4. The van der Waals surface area contributed by atoms with Crippen LogP contribution in [0.2, 0.25) is 5.02 Å². The Balaban J connectivity index is 2.70. The van der Waals surface area contributed by atoms with Gasteiger partial charge in [-0.2, -0.15) is 0 Å². The maximum atomic E-state index is 10.4. The fourth-order valence-corrected chi connectivity index (χ4v) is 1.11. The van der Waals surface area contributed by atoms with Crippen LogP contribution < -0.4 is 0 Å². The zero-order chi connectivity index (χ0) is 11.3. The number of aliphatic carboxylic acids is 1. The molecule has 1 N–H and O–H groups in total. The van der Waals surface area contributed by atoms with Crippen LogP contribution in [0.1, 0.15) is 5.56 Å². The Kier molecular flexibility index (Phi) is 4.46. The van der Waals surface area contributed by atoms with E-state index in [1.807, 2.05) is 12.1 Å². The summed E-state index contributed by atoms with van der Waals surface area (Å²) in [5, 5.41) is 9.19. The fraction of sp³-hybridized carbons (Fsp3) is 0. The minimum absolute atomic E-state index is 0.000198. The van der Waals surface area contributed by atoms with Crippen LogP contribution in [-0.4, -0.2) is 11.1 Å². The summed E-state index contributed by atoms with van der Waals surface area (Å²) in [5.41, 5.74) is 0.946. The summed E-state index contributed by atoms with van der Waals surface area (Å²) in [7, 11) is 0. The Morgan fingerprint density at radius 1 is 1.33 bits per heavy atom. The summed E-state index contributed by atoms with van der Waals surface area (Å²) in [6.45, 7) is 0. The monoisotopic (exact) mass is 240 g/mol. The van der Waals surface area contributed by atoms with E-state index in [1.54, 1.807) is 24.3 Å². The number of benzene rings is 1. The van der Waals surface area contributed by atoms with E-state index in [9.17, 15) is 4.79 Å². The molecule has 0 aromatic heterocycles. The second-order valence-corrected chi connectivity index (χ2v) is 3.69. The number of carboxylic acids is 1. The highest BCUT2D eigenvalue weighted by molar-refractivity contribution is 7.85. The molecule has 0 amide bonds. The molecule has 0 saturated carbocycles. The number of halogens is 1. The third kappa shape index (κ3) is 4.23. The highest BCUT2D eigenvalue weighted by Gasteiger charge is 1.96. The molecule has 0 saturated heterocycles. The summed E-state index contributed by atoms with van der Waals surface area (Å²) >= 11 is 9.49. The van der Waals surface area contributed by atoms with Gasteiger partial charge < -0.3 is 5.11 Å². The first-order valence-electron chi connectivity index (χ1n) is 4.16. The molecule has 0 spiro atoms. The topological polar surface area (TPSA) is 37.3 Å². The van der Waals surface area contributed by atoms with E-state index >= 15 is 0 Å². The van der Waals surface area contributed by atoms with Crippen molar-refractivity contribution in [3.05, 3.63) is 51.9 Å². The number of thiol groups is 1. The lowest BCUT2D eigenvalue weighted by atomic mass is 10.2. The Bertz CT molecular complexity index is 407. The van der Waals surface area contributed by atoms with Crippen LogP contribution in [-0.2, 0) is 4.79 Å². The van der Waals surface area contributed by atoms with Crippen LogP contribution in [0.15, 0.2) is 41.3 Å². The summed E-state index contributed by atoms with van der Waals surface area (Å²) in [5.74, 6) is -1.04. The molecule has 1 aromatic carbocycles. The molecular weight excluding hydrogens is 232 g/mol. The van der Waals surface area contributed by atoms with Crippen LogP contribution in [0.5, 0.6) is 0 Å². The standard InChI is InChI=1S/C11H9ClO2S/c12-9-6-4-8(5-7-9)2-1-3-10(15)11(13)14/h1-7,15H,(H,13,14)/b2-1+,10-3-. The number of rotatable bonds is 3. The van der Waals surface area contributed by atoms with Crippen molar-refractivity contribution in [1.29, 1.82) is 0 Å². The third-order valence-electron chi connectivity index (χ3n) is 1.63. The van der Waals surface area contributed by atoms with E-state index in [4.69, 9.17) is 16.7 Å². The molecule has 0 fully saturated rings. The molecule has 4 heteroatoms. The van der Waals surface area contributed by atoms with Gasteiger partial charge in [0.15, 0.2) is 0 Å². The van der Waals surface area contributed by atoms with Gasteiger partial charge in [0.05, 0.1) is 4.91 Å². The van der Waals surface area contributed by atoms with Crippen molar-refractivity contribution in [2.45, 2.75) is 0 Å². The Morgan fingerprint density at radius 2 is 1.93 bits per heavy atom. The van der Waals surface area contributed by atoms with E-state index < -0.39 is 5.97 Å². The molecule has 0 aliphatic carbocycles. The van der Waals surface area contributed by atoms with Crippen molar-refractivity contribution >= 4 is 36.3 Å². The van der Waals surface area contributed by atoms with Crippen molar-refractivity contribution in [2.24, 2.45) is 0 Å². The van der Waals surface area contributed by atoms with Crippen LogP contribution in [0.25, 0.3) is 6.08 Å². The van der Waals surface area contributed by atoms with E-state index in [-0.39, 0.29) is 4.91 Å². The number of hydrogen-bond acceptors (Lipinski definition) is 2. The van der Waals surface area contributed by atoms with E-state index in [0.29, 0.717) is 5.02 Å². The van der Waals surface area contributed by atoms with Gasteiger partial charge in [0.1, 0.15) is 0 Å². The smallest absolute Gasteiger partial charge is 0.341 e. The molecule has 0 aliphatic rings. The van der Waals surface area contributed by atoms with E-state index in [1.165, 1.54) is 6.08 Å². The molecule has 0 radical (unpaired) electrons. The predicted octanol–water partition coefficient (Wildman–Crippen LogP) is 3.25. The minimum Gasteiger partial charge on any atom is -0.477 e. The van der Waals surface area contributed by atoms with Gasteiger partial charge in [0, 0.05) is 5.02 Å². The second kappa shape index (κ2) is 5.63. The molecule has 0 heterocycles. The van der Waals surface area contributed by atoms with Crippen molar-refractivity contribution in [1.82, 2.24) is 0 Å². The molecule has 0 aliphatic heterocycles. The fourth-order valence-electron chi connectivity index (χ4n) is 0.896. The van der Waals surface area contributed by atoms with Crippen molar-refractivity contribution in [2.75, 3.05) is 0 Å². The van der Waals surface area contributed by atoms with Gasteiger partial charge in [-0.25, -0.2) is 4.79 Å². The van der Waals surface area contributed by atoms with Crippen LogP contribution in [0, 0.1) is 0 Å². The summed E-state index contributed by atoms with van der Waals surface area (Å²) in [6, 6.07) is 7.21. The van der Waals surface area contributed by atoms with Gasteiger partial charge in [-0.15, -0.1) is 12.6 Å². The van der Waals surface area contributed by atoms with E-state index in [2.05, 4.69) is 12.6 Å². The molecule has 1 aromatic rings. The van der Waals surface area contributed by atoms with Crippen LogP contribution in [0.3, 0.4) is 0 Å². The lowest BCUT2D eigenvalue weighted by Gasteiger charge is -1.92. The van der Waals surface area contributed by atoms with Crippen molar-refractivity contribution < 1.29 is 9.90 Å². The molecule has 15 heavy (non-hydrogen) atoms. The summed E-state index contributed by atoms with van der Waals surface area (Å²) in [4.78, 5) is 10.4. The van der Waals surface area contributed by atoms with Crippen molar-refractivity contribution in [3.63, 3.8) is 0 Å². The highest BCUT2D eigenvalue weighted by Crippen LogP contribution is 2.11.